The van der Waals surface area contributed by atoms with Gasteiger partial charge in [0.1, 0.15) is 0 Å². The second-order valence-electron chi connectivity index (χ2n) is 6.68. The van der Waals surface area contributed by atoms with Gasteiger partial charge in [0, 0.05) is 24.8 Å². The van der Waals surface area contributed by atoms with Crippen LogP contribution in [0.1, 0.15) is 12.8 Å². The van der Waals surface area contributed by atoms with Crippen LogP contribution in [0, 0.1) is 24.3 Å². The Morgan fingerprint density at radius 3 is 1.21 bits per heavy atom. The van der Waals surface area contributed by atoms with Crippen molar-refractivity contribution in [3.05, 3.63) is 158 Å². The van der Waals surface area contributed by atoms with E-state index in [1.807, 2.05) is 131 Å². The van der Waals surface area contributed by atoms with E-state index in [1.54, 1.807) is 0 Å². The van der Waals surface area contributed by atoms with Gasteiger partial charge in [-0.1, -0.05) is 11.4 Å². The summed E-state index contributed by atoms with van der Waals surface area (Å²) in [4.78, 5) is 0. The summed E-state index contributed by atoms with van der Waals surface area (Å²) in [5, 5.41) is 0. The summed E-state index contributed by atoms with van der Waals surface area (Å²) in [5.74, 6) is 0. The molecule has 2 aliphatic carbocycles. The van der Waals surface area contributed by atoms with E-state index in [0.717, 1.165) is 24.2 Å². The van der Waals surface area contributed by atoms with Gasteiger partial charge in [-0.15, -0.1) is 25.0 Å². The minimum absolute atomic E-state index is 0. The number of benzene rings is 2. The maximum atomic E-state index is 3.13. The Morgan fingerprint density at radius 1 is 0.545 bits per heavy atom. The Morgan fingerprint density at radius 2 is 0.970 bits per heavy atom. The molecule has 0 amide bonds. The average molecular weight is 462 g/mol. The standard InChI is InChI=1S/2C10H8N.2C5H5.Ti/c2*1-2-6-10(7-3-1)11-8-4-5-9-11;2*1-2-4-5-3-1;/h2*1-6,8-9H;2*1-3H,4H2;/q4*-1;+4. The summed E-state index contributed by atoms with van der Waals surface area (Å²) in [7, 11) is 0. The van der Waals surface area contributed by atoms with Gasteiger partial charge in [-0.2, -0.15) is 60.7 Å². The number of hydrogen-bond acceptors (Lipinski definition) is 0. The van der Waals surface area contributed by atoms with E-state index in [2.05, 4.69) is 36.4 Å². The summed E-state index contributed by atoms with van der Waals surface area (Å²) < 4.78 is 4.06. The van der Waals surface area contributed by atoms with Gasteiger partial charge >= 0.3 is 21.7 Å². The smallest absolute Gasteiger partial charge is 0.348 e. The number of aromatic nitrogens is 2. The Balaban J connectivity index is 0.000000164. The summed E-state index contributed by atoms with van der Waals surface area (Å²) in [6.45, 7) is 0. The van der Waals surface area contributed by atoms with Gasteiger partial charge in [0.2, 0.25) is 0 Å². The second kappa shape index (κ2) is 16.3. The maximum absolute atomic E-state index is 3.13. The van der Waals surface area contributed by atoms with Crippen LogP contribution in [0.3, 0.4) is 0 Å². The minimum Gasteiger partial charge on any atom is -0.348 e. The van der Waals surface area contributed by atoms with Crippen LogP contribution in [0.25, 0.3) is 11.4 Å². The first-order valence-electron chi connectivity index (χ1n) is 10.6. The van der Waals surface area contributed by atoms with Crippen LogP contribution in [-0.2, 0) is 21.7 Å². The van der Waals surface area contributed by atoms with Crippen molar-refractivity contribution in [2.24, 2.45) is 0 Å². The topological polar surface area (TPSA) is 9.86 Å². The molecule has 0 unspecified atom stereocenters. The van der Waals surface area contributed by atoms with Gasteiger partial charge in [0.25, 0.3) is 0 Å². The molecule has 0 N–H and O–H groups in total. The average Bonchev–Trinajstić information content (AvgIpc) is 3.71. The van der Waals surface area contributed by atoms with E-state index in [4.69, 9.17) is 0 Å². The van der Waals surface area contributed by atoms with Crippen LogP contribution in [-0.4, -0.2) is 9.13 Å². The van der Waals surface area contributed by atoms with Gasteiger partial charge in [0.05, 0.1) is 0 Å². The van der Waals surface area contributed by atoms with E-state index >= 15 is 0 Å². The third-order valence-electron chi connectivity index (χ3n) is 4.32. The van der Waals surface area contributed by atoms with Crippen molar-refractivity contribution in [3.8, 4) is 11.4 Å². The zero-order valence-electron chi connectivity index (χ0n) is 18.5. The minimum atomic E-state index is 0. The van der Waals surface area contributed by atoms with Gasteiger partial charge in [0.15, 0.2) is 0 Å². The van der Waals surface area contributed by atoms with Crippen molar-refractivity contribution in [1.82, 2.24) is 9.13 Å². The number of para-hydroxylation sites is 2. The van der Waals surface area contributed by atoms with Gasteiger partial charge in [-0.3, -0.25) is 12.2 Å². The van der Waals surface area contributed by atoms with Crippen molar-refractivity contribution in [1.29, 1.82) is 0 Å². The molecule has 3 heteroatoms. The predicted octanol–water partition coefficient (Wildman–Crippen LogP) is 7.16. The Hall–Kier alpha value is -3.33. The molecule has 2 heterocycles. The molecular formula is C30H26N2Ti. The quantitative estimate of drug-likeness (QED) is 0.221. The van der Waals surface area contributed by atoms with E-state index in [1.165, 1.54) is 0 Å². The fourth-order valence-electron chi connectivity index (χ4n) is 2.76. The first-order valence-corrected chi connectivity index (χ1v) is 10.6. The van der Waals surface area contributed by atoms with E-state index < -0.39 is 0 Å². The van der Waals surface area contributed by atoms with Crippen molar-refractivity contribution in [2.45, 2.75) is 12.8 Å². The Kier molecular flexibility index (Phi) is 12.8. The maximum Gasteiger partial charge on any atom is 4.00 e. The molecule has 0 bridgehead atoms. The molecule has 0 saturated heterocycles. The van der Waals surface area contributed by atoms with E-state index in [9.17, 15) is 0 Å². The molecule has 0 fully saturated rings. The number of allylic oxidation sites excluding steroid dienone is 8. The number of rotatable bonds is 2. The molecular weight excluding hydrogens is 436 g/mol. The van der Waals surface area contributed by atoms with Crippen LogP contribution < -0.4 is 0 Å². The van der Waals surface area contributed by atoms with Crippen LogP contribution in [0.15, 0.2) is 134 Å². The van der Waals surface area contributed by atoms with Crippen molar-refractivity contribution in [2.75, 3.05) is 0 Å². The summed E-state index contributed by atoms with van der Waals surface area (Å²) in [6.07, 6.45) is 28.0. The predicted molar refractivity (Wildman–Crippen MR) is 132 cm³/mol. The van der Waals surface area contributed by atoms with E-state index in [0.29, 0.717) is 0 Å². The van der Waals surface area contributed by atoms with Crippen molar-refractivity contribution >= 4 is 0 Å². The first kappa shape index (κ1) is 25.9. The van der Waals surface area contributed by atoms with Gasteiger partial charge < -0.3 is 9.13 Å². The molecule has 6 rings (SSSR count). The van der Waals surface area contributed by atoms with Crippen molar-refractivity contribution < 1.29 is 21.7 Å². The third kappa shape index (κ3) is 10.2. The van der Waals surface area contributed by atoms with Crippen LogP contribution in [0.2, 0.25) is 0 Å². The number of hydrogen-bond donors (Lipinski definition) is 0. The summed E-state index contributed by atoms with van der Waals surface area (Å²) in [5.41, 5.74) is 2.16. The molecule has 2 aromatic carbocycles. The van der Waals surface area contributed by atoms with E-state index in [-0.39, 0.29) is 21.7 Å². The Bertz CT molecular complexity index is 977. The first-order chi connectivity index (χ1) is 15.9. The monoisotopic (exact) mass is 462 g/mol. The molecule has 33 heavy (non-hydrogen) atoms. The fourth-order valence-corrected chi connectivity index (χ4v) is 2.76. The van der Waals surface area contributed by atoms with Crippen LogP contribution >= 0.6 is 0 Å². The molecule has 2 aliphatic rings. The second-order valence-corrected chi connectivity index (χ2v) is 6.68. The molecule has 2 nitrogen and oxygen atoms in total. The van der Waals surface area contributed by atoms with Gasteiger partial charge in [-0.05, 0) is 24.3 Å². The third-order valence-corrected chi connectivity index (χ3v) is 4.32. The molecule has 0 saturated carbocycles. The van der Waals surface area contributed by atoms with Crippen LogP contribution in [0.5, 0.6) is 0 Å². The normalized spacial score (nSPS) is 11.9. The van der Waals surface area contributed by atoms with Gasteiger partial charge in [-0.25, -0.2) is 24.3 Å². The molecule has 0 aliphatic heterocycles. The SMILES string of the molecule is [C-]1=CC=CC1.[C-]1=CC=CC1.[Ti+4].[c-]1ccccc1-n1cccc1.[c-]1ccccc1-n1cccc1. The zero-order chi connectivity index (χ0) is 22.1. The molecule has 4 aromatic rings. The van der Waals surface area contributed by atoms with Crippen LogP contribution in [0.4, 0.5) is 0 Å². The molecule has 2 aromatic heterocycles. The number of nitrogens with zero attached hydrogens (tertiary/aromatic N) is 2. The fraction of sp³-hybridized carbons (Fsp3) is 0.0667. The zero-order valence-corrected chi connectivity index (χ0v) is 20.1. The molecule has 0 radical (unpaired) electrons. The van der Waals surface area contributed by atoms with Crippen molar-refractivity contribution in [3.63, 3.8) is 0 Å². The molecule has 160 valence electrons. The molecule has 0 spiro atoms. The largest absolute Gasteiger partial charge is 4.00 e. The summed E-state index contributed by atoms with van der Waals surface area (Å²) >= 11 is 0. The summed E-state index contributed by atoms with van der Waals surface area (Å²) in [6, 6.07) is 30.1. The molecule has 0 atom stereocenters. The Labute approximate surface area is 212 Å².